The minimum atomic E-state index is -0.464. The maximum Gasteiger partial charge on any atom is 0.343 e. The highest BCUT2D eigenvalue weighted by Gasteiger charge is 2.05. The molecule has 0 aliphatic carbocycles. The molecule has 136 valence electrons. The van der Waals surface area contributed by atoms with E-state index in [0.29, 0.717) is 11.3 Å². The van der Waals surface area contributed by atoms with Crippen LogP contribution in [0.5, 0.6) is 5.75 Å². The third kappa shape index (κ3) is 4.92. The van der Waals surface area contributed by atoms with E-state index < -0.39 is 5.97 Å². The molecule has 0 spiro atoms. The fourth-order valence-electron chi connectivity index (χ4n) is 2.33. The monoisotopic (exact) mass is 362 g/mol. The second-order valence-electron chi connectivity index (χ2n) is 5.64. The summed E-state index contributed by atoms with van der Waals surface area (Å²) >= 11 is 0. The Morgan fingerprint density at radius 3 is 2.52 bits per heavy atom. The molecular formula is C21H18N2O4. The number of nitrogens with zero attached hydrogens (tertiary/aromatic N) is 2. The molecule has 0 unspecified atom stereocenters. The quantitative estimate of drug-likeness (QED) is 0.366. The van der Waals surface area contributed by atoms with Crippen molar-refractivity contribution >= 4 is 17.8 Å². The molecule has 0 saturated heterocycles. The van der Waals surface area contributed by atoms with Crippen molar-refractivity contribution in [1.82, 2.24) is 9.78 Å². The van der Waals surface area contributed by atoms with Crippen LogP contribution >= 0.6 is 0 Å². The van der Waals surface area contributed by atoms with Gasteiger partial charge in [0.2, 0.25) is 0 Å². The van der Waals surface area contributed by atoms with Gasteiger partial charge in [-0.3, -0.25) is 4.79 Å². The first kappa shape index (κ1) is 18.1. The molecule has 2 aromatic carbocycles. The zero-order valence-electron chi connectivity index (χ0n) is 14.7. The largest absolute Gasteiger partial charge is 0.482 e. The van der Waals surface area contributed by atoms with Crippen LogP contribution in [0.25, 0.3) is 11.8 Å². The number of carbonyl (C=O) groups excluding carboxylic acids is 2. The van der Waals surface area contributed by atoms with Gasteiger partial charge in [-0.15, -0.1) is 0 Å². The van der Waals surface area contributed by atoms with Gasteiger partial charge in [0.25, 0.3) is 0 Å². The molecule has 3 rings (SSSR count). The predicted molar refractivity (Wildman–Crippen MR) is 101 cm³/mol. The number of allylic oxidation sites excluding steroid dienone is 1. The highest BCUT2D eigenvalue weighted by atomic mass is 16.6. The molecule has 1 aromatic heterocycles. The fourth-order valence-corrected chi connectivity index (χ4v) is 2.33. The molecule has 0 saturated carbocycles. The molecule has 0 aliphatic rings. The lowest BCUT2D eigenvalue weighted by Crippen LogP contribution is -2.12. The van der Waals surface area contributed by atoms with Crippen LogP contribution in [0, 0.1) is 0 Å². The smallest absolute Gasteiger partial charge is 0.343 e. The van der Waals surface area contributed by atoms with Gasteiger partial charge in [0.05, 0.1) is 19.0 Å². The van der Waals surface area contributed by atoms with Gasteiger partial charge in [-0.25, -0.2) is 9.48 Å². The highest BCUT2D eigenvalue weighted by Crippen LogP contribution is 2.14. The molecule has 0 N–H and O–H groups in total. The number of aromatic nitrogens is 2. The molecule has 0 bridgehead atoms. The lowest BCUT2D eigenvalue weighted by Gasteiger charge is -2.04. The maximum atomic E-state index is 12.3. The first-order valence-electron chi connectivity index (χ1n) is 8.28. The summed E-state index contributed by atoms with van der Waals surface area (Å²) in [5.74, 6) is -0.110. The van der Waals surface area contributed by atoms with Gasteiger partial charge in [0.1, 0.15) is 5.75 Å². The van der Waals surface area contributed by atoms with Crippen LogP contribution in [0.3, 0.4) is 0 Å². The molecule has 0 aliphatic heterocycles. The lowest BCUT2D eigenvalue weighted by molar-refractivity contribution is -0.142. The van der Waals surface area contributed by atoms with Gasteiger partial charge >= 0.3 is 5.97 Å². The summed E-state index contributed by atoms with van der Waals surface area (Å²) in [7, 11) is 1.30. The Balaban J connectivity index is 1.61. The third-order valence-electron chi connectivity index (χ3n) is 3.77. The summed E-state index contributed by atoms with van der Waals surface area (Å²) in [5.41, 5.74) is 2.29. The molecule has 0 fully saturated rings. The predicted octanol–water partition coefficient (Wildman–Crippen LogP) is 3.32. The maximum absolute atomic E-state index is 12.3. The number of carbonyl (C=O) groups is 2. The van der Waals surface area contributed by atoms with Crippen LogP contribution in [0.15, 0.2) is 73.1 Å². The van der Waals surface area contributed by atoms with Gasteiger partial charge < -0.3 is 9.47 Å². The van der Waals surface area contributed by atoms with Crippen molar-refractivity contribution in [1.29, 1.82) is 0 Å². The number of rotatable bonds is 7. The number of ether oxygens (including phenoxy) is 2. The van der Waals surface area contributed by atoms with Crippen LogP contribution < -0.4 is 4.74 Å². The normalized spacial score (nSPS) is 10.7. The van der Waals surface area contributed by atoms with Crippen molar-refractivity contribution in [2.75, 3.05) is 13.7 Å². The zero-order chi connectivity index (χ0) is 19.1. The molecule has 27 heavy (non-hydrogen) atoms. The van der Waals surface area contributed by atoms with Gasteiger partial charge in [-0.1, -0.05) is 18.2 Å². The van der Waals surface area contributed by atoms with Gasteiger partial charge in [0.15, 0.2) is 12.4 Å². The van der Waals surface area contributed by atoms with Crippen molar-refractivity contribution < 1.29 is 19.1 Å². The van der Waals surface area contributed by atoms with E-state index in [-0.39, 0.29) is 12.4 Å². The number of esters is 1. The van der Waals surface area contributed by atoms with Gasteiger partial charge in [-0.2, -0.15) is 5.10 Å². The van der Waals surface area contributed by atoms with E-state index in [1.807, 2.05) is 36.5 Å². The molecule has 6 nitrogen and oxygen atoms in total. The average molecular weight is 362 g/mol. The zero-order valence-corrected chi connectivity index (χ0v) is 14.7. The minimum Gasteiger partial charge on any atom is -0.482 e. The number of hydrogen-bond donors (Lipinski definition) is 0. The van der Waals surface area contributed by atoms with E-state index >= 15 is 0 Å². The molecule has 0 amide bonds. The van der Waals surface area contributed by atoms with E-state index in [0.717, 1.165) is 11.3 Å². The van der Waals surface area contributed by atoms with E-state index in [1.165, 1.54) is 13.2 Å². The van der Waals surface area contributed by atoms with Crippen molar-refractivity contribution in [2.24, 2.45) is 0 Å². The topological polar surface area (TPSA) is 70.4 Å². The Kier molecular flexibility index (Phi) is 5.79. The van der Waals surface area contributed by atoms with Crippen LogP contribution in [0.2, 0.25) is 0 Å². The Morgan fingerprint density at radius 1 is 1.07 bits per heavy atom. The summed E-state index contributed by atoms with van der Waals surface area (Å²) in [6.45, 7) is -0.172. The second kappa shape index (κ2) is 8.62. The highest BCUT2D eigenvalue weighted by molar-refractivity contribution is 6.06. The van der Waals surface area contributed by atoms with Crippen LogP contribution in [0.1, 0.15) is 15.9 Å². The van der Waals surface area contributed by atoms with E-state index in [9.17, 15) is 9.59 Å². The van der Waals surface area contributed by atoms with E-state index in [2.05, 4.69) is 9.84 Å². The van der Waals surface area contributed by atoms with E-state index in [4.69, 9.17) is 4.74 Å². The Morgan fingerprint density at radius 2 is 1.81 bits per heavy atom. The SMILES string of the molecule is COC(=O)COc1ccc(C(=O)/C=C/c2cnn(-c3ccccc3)c2)cc1. The van der Waals surface area contributed by atoms with Gasteiger partial charge in [0, 0.05) is 17.3 Å². The first-order valence-corrected chi connectivity index (χ1v) is 8.28. The summed E-state index contributed by atoms with van der Waals surface area (Å²) < 4.78 is 11.5. The molecular weight excluding hydrogens is 344 g/mol. The Hall–Kier alpha value is -3.67. The fraction of sp³-hybridized carbons (Fsp3) is 0.0952. The summed E-state index contributed by atoms with van der Waals surface area (Å²) in [5, 5.41) is 4.29. The average Bonchev–Trinajstić information content (AvgIpc) is 3.20. The number of methoxy groups -OCH3 is 1. The van der Waals surface area contributed by atoms with Crippen LogP contribution in [-0.2, 0) is 9.53 Å². The summed E-state index contributed by atoms with van der Waals surface area (Å²) in [6.07, 6.45) is 6.76. The van der Waals surface area contributed by atoms with Crippen LogP contribution in [0.4, 0.5) is 0 Å². The van der Waals surface area contributed by atoms with Crippen LogP contribution in [-0.4, -0.2) is 35.2 Å². The van der Waals surface area contributed by atoms with E-state index in [1.54, 1.807) is 41.2 Å². The molecule has 0 radical (unpaired) electrons. The lowest BCUT2D eigenvalue weighted by atomic mass is 10.1. The van der Waals surface area contributed by atoms with Crippen molar-refractivity contribution in [2.45, 2.75) is 0 Å². The van der Waals surface area contributed by atoms with Gasteiger partial charge in [-0.05, 0) is 48.6 Å². The molecule has 3 aromatic rings. The first-order chi connectivity index (χ1) is 13.2. The van der Waals surface area contributed by atoms with Crippen molar-refractivity contribution in [3.05, 3.63) is 84.2 Å². The Labute approximate surface area is 156 Å². The van der Waals surface area contributed by atoms with Crippen molar-refractivity contribution in [3.63, 3.8) is 0 Å². The number of benzene rings is 2. The standard InChI is InChI=1S/C21H18N2O4/c1-26-21(25)15-27-19-10-8-17(9-11-19)20(24)12-7-16-13-22-23(14-16)18-5-3-2-4-6-18/h2-14H,15H2,1H3/b12-7+. The number of ketones is 1. The van der Waals surface area contributed by atoms with Crippen molar-refractivity contribution in [3.8, 4) is 11.4 Å². The number of hydrogen-bond acceptors (Lipinski definition) is 5. The third-order valence-corrected chi connectivity index (χ3v) is 3.77. The Bertz CT molecular complexity index is 944. The minimum absolute atomic E-state index is 0.137. The second-order valence-corrected chi connectivity index (χ2v) is 5.64. The molecule has 0 atom stereocenters. The molecule has 6 heteroatoms. The summed E-state index contributed by atoms with van der Waals surface area (Å²) in [6, 6.07) is 16.3. The summed E-state index contributed by atoms with van der Waals surface area (Å²) in [4.78, 5) is 23.3. The number of para-hydroxylation sites is 1. The molecule has 1 heterocycles.